The van der Waals surface area contributed by atoms with Gasteiger partial charge in [-0.05, 0) is 76.5 Å². The molecule has 1 aromatic carbocycles. The van der Waals surface area contributed by atoms with Crippen molar-refractivity contribution in [1.29, 1.82) is 0 Å². The van der Waals surface area contributed by atoms with E-state index < -0.39 is 5.91 Å². The molecular formula is C24H30ClN5O3. The van der Waals surface area contributed by atoms with Crippen LogP contribution in [0.15, 0.2) is 41.7 Å². The van der Waals surface area contributed by atoms with Crippen molar-refractivity contribution in [2.75, 3.05) is 30.8 Å². The number of aromatic nitrogens is 1. The van der Waals surface area contributed by atoms with Crippen molar-refractivity contribution in [3.8, 4) is 0 Å². The molecule has 8 nitrogen and oxygen atoms in total. The lowest BCUT2D eigenvalue weighted by molar-refractivity contribution is -0.121. The molecule has 2 heterocycles. The van der Waals surface area contributed by atoms with Crippen LogP contribution in [0.3, 0.4) is 0 Å². The Morgan fingerprint density at radius 1 is 1.18 bits per heavy atom. The van der Waals surface area contributed by atoms with E-state index in [0.717, 1.165) is 25.9 Å². The SMILES string of the molecule is CO/N=C(\C)c1ccc(NC(=O)C2CCN(C(C)C)CC2)c(C(=O)Nc2ccc(Cl)cn2)c1. The van der Waals surface area contributed by atoms with Crippen LogP contribution in [0.1, 0.15) is 49.5 Å². The predicted octanol–water partition coefficient (Wildman–Crippen LogP) is 4.42. The largest absolute Gasteiger partial charge is 0.399 e. The quantitative estimate of drug-likeness (QED) is 0.460. The fraction of sp³-hybridized carbons (Fsp3) is 0.417. The number of amides is 2. The third-order valence-corrected chi connectivity index (χ3v) is 5.99. The molecule has 2 N–H and O–H groups in total. The van der Waals surface area contributed by atoms with Crippen LogP contribution in [-0.4, -0.2) is 53.7 Å². The summed E-state index contributed by atoms with van der Waals surface area (Å²) in [7, 11) is 1.46. The van der Waals surface area contributed by atoms with Gasteiger partial charge in [0.15, 0.2) is 0 Å². The molecule has 1 aromatic heterocycles. The summed E-state index contributed by atoms with van der Waals surface area (Å²) in [4.78, 5) is 37.5. The number of likely N-dealkylation sites (tertiary alicyclic amines) is 1. The number of oxime groups is 1. The van der Waals surface area contributed by atoms with Gasteiger partial charge in [-0.15, -0.1) is 0 Å². The fourth-order valence-electron chi connectivity index (χ4n) is 3.80. The molecule has 0 bridgehead atoms. The number of nitrogens with zero attached hydrogens (tertiary/aromatic N) is 3. The molecule has 9 heteroatoms. The summed E-state index contributed by atoms with van der Waals surface area (Å²) in [6, 6.07) is 8.92. The molecule has 0 spiro atoms. The Kier molecular flexibility index (Phi) is 8.41. The summed E-state index contributed by atoms with van der Waals surface area (Å²) >= 11 is 5.88. The summed E-state index contributed by atoms with van der Waals surface area (Å²) in [6.45, 7) is 7.88. The summed E-state index contributed by atoms with van der Waals surface area (Å²) in [5, 5.41) is 10.1. The van der Waals surface area contributed by atoms with Crippen LogP contribution in [0, 0.1) is 5.92 Å². The average Bonchev–Trinajstić information content (AvgIpc) is 2.81. The predicted molar refractivity (Wildman–Crippen MR) is 131 cm³/mol. The molecule has 3 rings (SSSR count). The summed E-state index contributed by atoms with van der Waals surface area (Å²) in [5.74, 6) is -0.213. The van der Waals surface area contributed by atoms with Crippen LogP contribution in [0.5, 0.6) is 0 Å². The first-order valence-electron chi connectivity index (χ1n) is 11.0. The van der Waals surface area contributed by atoms with E-state index in [1.165, 1.54) is 13.3 Å². The van der Waals surface area contributed by atoms with Crippen molar-refractivity contribution < 1.29 is 14.4 Å². The Morgan fingerprint density at radius 2 is 1.91 bits per heavy atom. The zero-order chi connectivity index (χ0) is 24.0. The van der Waals surface area contributed by atoms with Crippen molar-refractivity contribution in [2.24, 2.45) is 11.1 Å². The first kappa shape index (κ1) is 24.7. The number of nitrogens with one attached hydrogen (secondary N) is 2. The van der Waals surface area contributed by atoms with E-state index in [1.54, 1.807) is 37.3 Å². The minimum atomic E-state index is -0.401. The van der Waals surface area contributed by atoms with Gasteiger partial charge < -0.3 is 20.4 Å². The van der Waals surface area contributed by atoms with E-state index >= 15 is 0 Å². The summed E-state index contributed by atoms with van der Waals surface area (Å²) < 4.78 is 0. The van der Waals surface area contributed by atoms with E-state index in [9.17, 15) is 9.59 Å². The summed E-state index contributed by atoms with van der Waals surface area (Å²) in [5.41, 5.74) is 2.05. The summed E-state index contributed by atoms with van der Waals surface area (Å²) in [6.07, 6.45) is 3.03. The van der Waals surface area contributed by atoms with Crippen molar-refractivity contribution in [2.45, 2.75) is 39.7 Å². The second-order valence-corrected chi connectivity index (χ2v) is 8.77. The zero-order valence-corrected chi connectivity index (χ0v) is 20.1. The third-order valence-electron chi connectivity index (χ3n) is 5.77. The van der Waals surface area contributed by atoms with Gasteiger partial charge in [-0.2, -0.15) is 0 Å². The van der Waals surface area contributed by atoms with Gasteiger partial charge in [-0.1, -0.05) is 22.8 Å². The molecule has 1 aliphatic heterocycles. The fourth-order valence-corrected chi connectivity index (χ4v) is 3.91. The van der Waals surface area contributed by atoms with Gasteiger partial charge in [-0.3, -0.25) is 9.59 Å². The monoisotopic (exact) mass is 471 g/mol. The molecule has 0 saturated carbocycles. The van der Waals surface area contributed by atoms with Crippen LogP contribution >= 0.6 is 11.6 Å². The topological polar surface area (TPSA) is 95.9 Å². The first-order chi connectivity index (χ1) is 15.8. The van der Waals surface area contributed by atoms with Crippen molar-refractivity contribution >= 4 is 40.6 Å². The van der Waals surface area contributed by atoms with Gasteiger partial charge in [0.1, 0.15) is 12.9 Å². The maximum atomic E-state index is 13.1. The van der Waals surface area contributed by atoms with Gasteiger partial charge in [-0.25, -0.2) is 4.98 Å². The maximum absolute atomic E-state index is 13.1. The highest BCUT2D eigenvalue weighted by Gasteiger charge is 2.27. The standard InChI is InChI=1S/C24H30ClN5O3/c1-15(2)30-11-9-17(10-12-30)23(31)27-21-7-5-18(16(3)29-33-4)13-20(21)24(32)28-22-8-6-19(25)14-26-22/h5-8,13-15,17H,9-12H2,1-4H3,(H,27,31)(H,26,28,32)/b29-16+. The number of pyridine rings is 1. The first-order valence-corrected chi connectivity index (χ1v) is 11.4. The van der Waals surface area contributed by atoms with Crippen LogP contribution in [0.2, 0.25) is 5.02 Å². The van der Waals surface area contributed by atoms with Crippen molar-refractivity contribution in [3.63, 3.8) is 0 Å². The molecule has 1 saturated heterocycles. The number of piperidine rings is 1. The molecule has 2 amide bonds. The molecule has 0 aliphatic carbocycles. The number of anilines is 2. The number of benzene rings is 1. The third kappa shape index (κ3) is 6.52. The van der Waals surface area contributed by atoms with E-state index in [-0.39, 0.29) is 11.8 Å². The molecule has 0 atom stereocenters. The number of hydrogen-bond donors (Lipinski definition) is 2. The number of rotatable bonds is 7. The second-order valence-electron chi connectivity index (χ2n) is 8.33. The van der Waals surface area contributed by atoms with Crippen molar-refractivity contribution in [1.82, 2.24) is 9.88 Å². The number of carbonyl (C=O) groups excluding carboxylic acids is 2. The lowest BCUT2D eigenvalue weighted by Gasteiger charge is -2.34. The molecule has 0 unspecified atom stereocenters. The van der Waals surface area contributed by atoms with Gasteiger partial charge >= 0.3 is 0 Å². The molecular weight excluding hydrogens is 442 g/mol. The van der Waals surface area contributed by atoms with E-state index in [2.05, 4.69) is 39.5 Å². The normalized spacial score (nSPS) is 15.4. The second kappa shape index (κ2) is 11.2. The zero-order valence-electron chi connectivity index (χ0n) is 19.4. The van der Waals surface area contributed by atoms with E-state index in [1.807, 2.05) is 0 Å². The van der Waals surface area contributed by atoms with Gasteiger partial charge in [0, 0.05) is 18.2 Å². The van der Waals surface area contributed by atoms with Gasteiger partial charge in [0.2, 0.25) is 5.91 Å². The highest BCUT2D eigenvalue weighted by atomic mass is 35.5. The molecule has 176 valence electrons. The number of hydrogen-bond acceptors (Lipinski definition) is 6. The molecule has 1 aliphatic rings. The van der Waals surface area contributed by atoms with Crippen LogP contribution < -0.4 is 10.6 Å². The Hall–Kier alpha value is -2.97. The van der Waals surface area contributed by atoms with Crippen LogP contribution in [-0.2, 0) is 9.63 Å². The highest BCUT2D eigenvalue weighted by molar-refractivity contribution is 6.30. The van der Waals surface area contributed by atoms with E-state index in [0.29, 0.717) is 39.4 Å². The average molecular weight is 472 g/mol. The van der Waals surface area contributed by atoms with Crippen molar-refractivity contribution in [3.05, 3.63) is 52.7 Å². The van der Waals surface area contributed by atoms with Gasteiger partial charge in [0.05, 0.1) is 22.0 Å². The Bertz CT molecular complexity index is 1020. The minimum absolute atomic E-state index is 0.0768. The van der Waals surface area contributed by atoms with E-state index in [4.69, 9.17) is 16.4 Å². The Morgan fingerprint density at radius 3 is 2.52 bits per heavy atom. The highest BCUT2D eigenvalue weighted by Crippen LogP contribution is 2.24. The lowest BCUT2D eigenvalue weighted by Crippen LogP contribution is -2.41. The molecule has 2 aromatic rings. The molecule has 0 radical (unpaired) electrons. The number of carbonyl (C=O) groups is 2. The smallest absolute Gasteiger partial charge is 0.258 e. The number of halogens is 1. The Labute approximate surface area is 199 Å². The van der Waals surface area contributed by atoms with Crippen LogP contribution in [0.25, 0.3) is 0 Å². The van der Waals surface area contributed by atoms with Gasteiger partial charge in [0.25, 0.3) is 5.91 Å². The van der Waals surface area contributed by atoms with Crippen LogP contribution in [0.4, 0.5) is 11.5 Å². The maximum Gasteiger partial charge on any atom is 0.258 e. The Balaban J connectivity index is 1.82. The minimum Gasteiger partial charge on any atom is -0.399 e. The molecule has 33 heavy (non-hydrogen) atoms. The molecule has 1 fully saturated rings. The lowest BCUT2D eigenvalue weighted by atomic mass is 9.94.